The van der Waals surface area contributed by atoms with Crippen LogP contribution in [0.3, 0.4) is 0 Å². The first-order chi connectivity index (χ1) is 11.7. The summed E-state index contributed by atoms with van der Waals surface area (Å²) in [6.07, 6.45) is 3.34. The van der Waals surface area contributed by atoms with Gasteiger partial charge in [0.1, 0.15) is 0 Å². The number of hydrogen-bond acceptors (Lipinski definition) is 8. The van der Waals surface area contributed by atoms with Crippen LogP contribution in [0.15, 0.2) is 35.1 Å². The average Bonchev–Trinajstić information content (AvgIpc) is 3.12. The summed E-state index contributed by atoms with van der Waals surface area (Å²) in [5.74, 6) is 1.09. The molecule has 0 aliphatic heterocycles. The molecule has 3 aromatic rings. The van der Waals surface area contributed by atoms with Gasteiger partial charge >= 0.3 is 0 Å². The van der Waals surface area contributed by atoms with Crippen LogP contribution in [0.2, 0.25) is 0 Å². The Morgan fingerprint density at radius 3 is 2.38 bits per heavy atom. The van der Waals surface area contributed by atoms with Crippen LogP contribution in [0.5, 0.6) is 17.2 Å². The zero-order valence-electron chi connectivity index (χ0n) is 13.4. The van der Waals surface area contributed by atoms with Gasteiger partial charge in [-0.15, -0.1) is 0 Å². The van der Waals surface area contributed by atoms with Crippen molar-refractivity contribution in [3.8, 4) is 40.1 Å². The standard InChI is InChI=1S/C16H16N4O4/c1-17-11-4-10(7-18-8-11)15-19-16(24-20-15)9-5-12(22-2)14(21)13(6-9)23-3/h4-8,17,21H,1-3H3. The predicted octanol–water partition coefficient (Wildman–Crippen LogP) is 2.56. The average molecular weight is 328 g/mol. The number of pyridine rings is 1. The normalized spacial score (nSPS) is 10.5. The molecule has 0 radical (unpaired) electrons. The van der Waals surface area contributed by atoms with Crippen molar-refractivity contribution in [2.75, 3.05) is 26.6 Å². The fourth-order valence-corrected chi connectivity index (χ4v) is 2.17. The SMILES string of the molecule is CNc1cncc(-c2noc(-c3cc(OC)c(O)c(OC)c3)n2)c1. The van der Waals surface area contributed by atoms with Gasteiger partial charge in [0.2, 0.25) is 11.6 Å². The Morgan fingerprint density at radius 1 is 1.04 bits per heavy atom. The van der Waals surface area contributed by atoms with Crippen molar-refractivity contribution >= 4 is 5.69 Å². The third-order valence-corrected chi connectivity index (χ3v) is 3.44. The van der Waals surface area contributed by atoms with Gasteiger partial charge in [-0.3, -0.25) is 4.98 Å². The maximum absolute atomic E-state index is 9.97. The topological polar surface area (TPSA) is 103 Å². The van der Waals surface area contributed by atoms with Gasteiger partial charge in [0.05, 0.1) is 19.9 Å². The minimum atomic E-state index is -0.0885. The Kier molecular flexibility index (Phi) is 4.19. The summed E-state index contributed by atoms with van der Waals surface area (Å²) in [7, 11) is 4.70. The van der Waals surface area contributed by atoms with E-state index in [-0.39, 0.29) is 23.1 Å². The van der Waals surface area contributed by atoms with Gasteiger partial charge in [0, 0.05) is 30.6 Å². The van der Waals surface area contributed by atoms with Crippen molar-refractivity contribution in [1.82, 2.24) is 15.1 Å². The summed E-state index contributed by atoms with van der Waals surface area (Å²) in [6.45, 7) is 0. The van der Waals surface area contributed by atoms with E-state index in [0.717, 1.165) is 11.3 Å². The van der Waals surface area contributed by atoms with E-state index >= 15 is 0 Å². The van der Waals surface area contributed by atoms with E-state index in [4.69, 9.17) is 14.0 Å². The van der Waals surface area contributed by atoms with Crippen molar-refractivity contribution in [3.63, 3.8) is 0 Å². The number of aromatic hydroxyl groups is 1. The monoisotopic (exact) mass is 328 g/mol. The molecule has 0 amide bonds. The van der Waals surface area contributed by atoms with E-state index in [9.17, 15) is 5.11 Å². The van der Waals surface area contributed by atoms with Crippen molar-refractivity contribution in [2.45, 2.75) is 0 Å². The summed E-state index contributed by atoms with van der Waals surface area (Å²) in [5, 5.41) is 16.9. The van der Waals surface area contributed by atoms with Gasteiger partial charge in [-0.05, 0) is 18.2 Å². The lowest BCUT2D eigenvalue weighted by Crippen LogP contribution is -1.91. The third-order valence-electron chi connectivity index (χ3n) is 3.44. The van der Waals surface area contributed by atoms with Crippen LogP contribution in [0.1, 0.15) is 0 Å². The van der Waals surface area contributed by atoms with Gasteiger partial charge in [-0.25, -0.2) is 0 Å². The number of phenolic OH excluding ortho intramolecular Hbond substituents is 1. The van der Waals surface area contributed by atoms with Crippen molar-refractivity contribution in [2.24, 2.45) is 0 Å². The van der Waals surface area contributed by atoms with Crippen LogP contribution in [0.25, 0.3) is 22.8 Å². The fraction of sp³-hybridized carbons (Fsp3) is 0.188. The molecular weight excluding hydrogens is 312 g/mol. The van der Waals surface area contributed by atoms with Gasteiger partial charge in [-0.1, -0.05) is 5.16 Å². The van der Waals surface area contributed by atoms with Gasteiger partial charge < -0.3 is 24.4 Å². The maximum Gasteiger partial charge on any atom is 0.258 e. The maximum atomic E-state index is 9.97. The van der Waals surface area contributed by atoms with Crippen molar-refractivity contribution < 1.29 is 19.1 Å². The molecule has 2 aromatic heterocycles. The number of nitrogens with one attached hydrogen (secondary N) is 1. The number of hydrogen-bond donors (Lipinski definition) is 2. The molecule has 0 aliphatic carbocycles. The number of ether oxygens (including phenoxy) is 2. The predicted molar refractivity (Wildman–Crippen MR) is 87.3 cm³/mol. The zero-order valence-corrected chi connectivity index (χ0v) is 13.4. The number of aromatic nitrogens is 3. The van der Waals surface area contributed by atoms with Gasteiger partial charge in [0.25, 0.3) is 5.89 Å². The highest BCUT2D eigenvalue weighted by atomic mass is 16.5. The van der Waals surface area contributed by atoms with Crippen LogP contribution in [0, 0.1) is 0 Å². The minimum absolute atomic E-state index is 0.0885. The molecule has 24 heavy (non-hydrogen) atoms. The summed E-state index contributed by atoms with van der Waals surface area (Å²) in [5.41, 5.74) is 2.12. The second-order valence-electron chi connectivity index (χ2n) is 4.86. The molecular formula is C16H16N4O4. The molecule has 0 saturated heterocycles. The van der Waals surface area contributed by atoms with E-state index in [2.05, 4.69) is 20.4 Å². The van der Waals surface area contributed by atoms with Crippen molar-refractivity contribution in [1.29, 1.82) is 0 Å². The minimum Gasteiger partial charge on any atom is -0.502 e. The first-order valence-corrected chi connectivity index (χ1v) is 7.08. The number of methoxy groups -OCH3 is 2. The lowest BCUT2D eigenvalue weighted by molar-refractivity contribution is 0.339. The van der Waals surface area contributed by atoms with Crippen LogP contribution < -0.4 is 14.8 Å². The van der Waals surface area contributed by atoms with Crippen LogP contribution in [-0.4, -0.2) is 41.5 Å². The molecule has 2 heterocycles. The lowest BCUT2D eigenvalue weighted by atomic mass is 10.2. The Labute approximate surface area is 138 Å². The van der Waals surface area contributed by atoms with Gasteiger partial charge in [0.15, 0.2) is 11.5 Å². The van der Waals surface area contributed by atoms with E-state index in [1.165, 1.54) is 14.2 Å². The summed E-state index contributed by atoms with van der Waals surface area (Å²) >= 11 is 0. The number of phenols is 1. The lowest BCUT2D eigenvalue weighted by Gasteiger charge is -2.09. The largest absolute Gasteiger partial charge is 0.502 e. The van der Waals surface area contributed by atoms with Crippen LogP contribution in [-0.2, 0) is 0 Å². The highest BCUT2D eigenvalue weighted by molar-refractivity contribution is 5.67. The highest BCUT2D eigenvalue weighted by Crippen LogP contribution is 2.40. The molecule has 124 valence electrons. The summed E-state index contributed by atoms with van der Waals surface area (Å²) < 4.78 is 15.6. The Morgan fingerprint density at radius 2 is 1.75 bits per heavy atom. The molecule has 0 saturated carbocycles. The molecule has 0 spiro atoms. The van der Waals surface area contributed by atoms with E-state index in [1.54, 1.807) is 31.6 Å². The van der Waals surface area contributed by atoms with Crippen molar-refractivity contribution in [3.05, 3.63) is 30.6 Å². The van der Waals surface area contributed by atoms with E-state index in [1.807, 2.05) is 6.07 Å². The second-order valence-corrected chi connectivity index (χ2v) is 4.86. The second kappa shape index (κ2) is 6.45. The molecule has 0 bridgehead atoms. The molecule has 0 fully saturated rings. The summed E-state index contributed by atoms with van der Waals surface area (Å²) in [4.78, 5) is 8.49. The van der Waals surface area contributed by atoms with Crippen LogP contribution >= 0.6 is 0 Å². The molecule has 8 heteroatoms. The number of nitrogens with zero attached hydrogens (tertiary/aromatic N) is 3. The molecule has 3 rings (SSSR count). The molecule has 0 unspecified atom stereocenters. The molecule has 0 atom stereocenters. The number of rotatable bonds is 5. The molecule has 8 nitrogen and oxygen atoms in total. The Balaban J connectivity index is 2.01. The summed E-state index contributed by atoms with van der Waals surface area (Å²) in [6, 6.07) is 5.05. The first kappa shape index (κ1) is 15.6. The first-order valence-electron chi connectivity index (χ1n) is 7.08. The van der Waals surface area contributed by atoms with E-state index in [0.29, 0.717) is 11.4 Å². The zero-order chi connectivity index (χ0) is 17.1. The van der Waals surface area contributed by atoms with Gasteiger partial charge in [-0.2, -0.15) is 4.98 Å². The third kappa shape index (κ3) is 2.81. The van der Waals surface area contributed by atoms with E-state index < -0.39 is 0 Å². The fourth-order valence-electron chi connectivity index (χ4n) is 2.17. The quantitative estimate of drug-likeness (QED) is 0.736. The number of anilines is 1. The Bertz CT molecular complexity index is 838. The number of benzene rings is 1. The Hall–Kier alpha value is -3.29. The smallest absolute Gasteiger partial charge is 0.258 e. The highest BCUT2D eigenvalue weighted by Gasteiger charge is 2.17. The van der Waals surface area contributed by atoms with Crippen LogP contribution in [0.4, 0.5) is 5.69 Å². The molecule has 0 aliphatic rings. The molecule has 1 aromatic carbocycles. The molecule has 2 N–H and O–H groups in total.